The maximum atomic E-state index is 13.9. The smallest absolute Gasteiger partial charge is 0.214 e. The summed E-state index contributed by atoms with van der Waals surface area (Å²) in [5.74, 6) is 1.19. The first-order valence-electron chi connectivity index (χ1n) is 16.9. The Morgan fingerprint density at radius 1 is 0.370 bits per heavy atom. The number of ether oxygens (including phenoxy) is 2. The van der Waals surface area contributed by atoms with Crippen LogP contribution in [-0.2, 0) is 19.7 Å². The van der Waals surface area contributed by atoms with Crippen molar-refractivity contribution in [2.45, 2.75) is 19.6 Å². The van der Waals surface area contributed by atoms with E-state index in [2.05, 4.69) is 33.4 Å². The van der Waals surface area contributed by atoms with Crippen LogP contribution in [0.1, 0.15) is 0 Å². The molecule has 0 saturated heterocycles. The molecule has 0 amide bonds. The molecule has 0 aliphatic carbocycles. The third-order valence-electron chi connectivity index (χ3n) is 9.84. The van der Waals surface area contributed by atoms with Crippen molar-refractivity contribution < 1.29 is 26.3 Å². The van der Waals surface area contributed by atoms with Gasteiger partial charge in [0, 0.05) is 11.4 Å². The molecule has 0 N–H and O–H groups in total. The molecule has 0 unspecified atom stereocenters. The Morgan fingerprint density at radius 3 is 1.22 bits per heavy atom. The molecule has 2 aliphatic rings. The Morgan fingerprint density at radius 2 is 0.759 bits per heavy atom. The molecule has 12 heteroatoms. The number of hydrogen-bond acceptors (Lipinski definition) is 8. The standard InChI is InChI=1S/C42H24N2O6S4/c45-53(46)39-15-7-3-11-31(39)49-33-19-17-25(21-41(33)53)43-27-9-1-5-13-35(27)51-37-24-30-38(23-29(37)43)52-36-14-6-2-10-28(36)44(30)26-18-20-34-42(22-26)54(47,48)40-16-8-4-12-32(40)50-34/h1-24H. The third kappa shape index (κ3) is 4.51. The van der Waals surface area contributed by atoms with E-state index in [1.165, 1.54) is 0 Å². The second-order valence-electron chi connectivity index (χ2n) is 13.0. The van der Waals surface area contributed by atoms with Gasteiger partial charge in [-0.2, -0.15) is 0 Å². The zero-order valence-electron chi connectivity index (χ0n) is 27.8. The van der Waals surface area contributed by atoms with Crippen molar-refractivity contribution in [3.05, 3.63) is 146 Å². The quantitative estimate of drug-likeness (QED) is 0.162. The van der Waals surface area contributed by atoms with Gasteiger partial charge in [0.15, 0.2) is 0 Å². The summed E-state index contributed by atoms with van der Waals surface area (Å²) >= 11 is 3.26. The van der Waals surface area contributed by atoms with Gasteiger partial charge in [-0.15, -0.1) is 22.7 Å². The minimum Gasteiger partial charge on any atom is -0.455 e. The SMILES string of the molecule is O=S1(=O)c2ccccc2Oc2ccc(-n3c4ccccc4sc4cc5c(cc43)sc3ccccc3n5-c3ccc4c(c3)S(=O)(=O)c3ccccc3O4)cc21. The van der Waals surface area contributed by atoms with Crippen molar-refractivity contribution in [3.63, 3.8) is 0 Å². The summed E-state index contributed by atoms with van der Waals surface area (Å²) in [6.45, 7) is 0. The monoisotopic (exact) mass is 780 g/mol. The van der Waals surface area contributed by atoms with E-state index < -0.39 is 19.7 Å². The molecule has 262 valence electrons. The first-order chi connectivity index (χ1) is 26.3. The first kappa shape index (κ1) is 31.6. The molecule has 0 bridgehead atoms. The lowest BCUT2D eigenvalue weighted by molar-refractivity contribution is 0.442. The average Bonchev–Trinajstić information content (AvgIpc) is 3.18. The maximum absolute atomic E-state index is 13.9. The van der Waals surface area contributed by atoms with E-state index in [0.717, 1.165) is 40.9 Å². The Hall–Kier alpha value is -5.92. The fourth-order valence-electron chi connectivity index (χ4n) is 7.41. The molecule has 0 radical (unpaired) electrons. The average molecular weight is 781 g/mol. The van der Waals surface area contributed by atoms with E-state index in [9.17, 15) is 16.8 Å². The van der Waals surface area contributed by atoms with Crippen LogP contribution >= 0.6 is 22.7 Å². The molecule has 0 saturated carbocycles. The number of para-hydroxylation sites is 4. The number of hydrogen-bond donors (Lipinski definition) is 0. The van der Waals surface area contributed by atoms with Gasteiger partial charge in [0.1, 0.15) is 42.6 Å². The number of rotatable bonds is 2. The van der Waals surface area contributed by atoms with Crippen LogP contribution < -0.4 is 9.47 Å². The highest BCUT2D eigenvalue weighted by molar-refractivity contribution is 7.92. The second-order valence-corrected chi connectivity index (χ2v) is 18.9. The van der Waals surface area contributed by atoms with Crippen LogP contribution in [0.3, 0.4) is 0 Å². The molecule has 8 nitrogen and oxygen atoms in total. The fraction of sp³-hybridized carbons (Fsp3) is 0. The summed E-state index contributed by atoms with van der Waals surface area (Å²) in [6, 6.07) is 44.3. The normalized spacial score (nSPS) is 14.8. The molecule has 4 heterocycles. The lowest BCUT2D eigenvalue weighted by Crippen LogP contribution is -2.12. The summed E-state index contributed by atoms with van der Waals surface area (Å²) in [6.07, 6.45) is 0. The predicted octanol–water partition coefficient (Wildman–Crippen LogP) is 11.0. The van der Waals surface area contributed by atoms with Gasteiger partial charge in [-0.05, 0) is 97.1 Å². The van der Waals surface area contributed by atoms with Crippen molar-refractivity contribution in [3.8, 4) is 34.4 Å². The number of sulfone groups is 2. The molecule has 0 fully saturated rings. The van der Waals surface area contributed by atoms with Crippen molar-refractivity contribution in [2.75, 3.05) is 0 Å². The molecular formula is C42H24N2O6S4. The van der Waals surface area contributed by atoms with Crippen molar-refractivity contribution in [1.29, 1.82) is 0 Å². The zero-order valence-corrected chi connectivity index (χ0v) is 31.1. The minimum atomic E-state index is -3.85. The topological polar surface area (TPSA) is 96.6 Å². The Kier molecular flexibility index (Phi) is 6.61. The third-order valence-corrected chi connectivity index (χ3v) is 15.7. The number of aromatic nitrogens is 2. The highest BCUT2D eigenvalue weighted by atomic mass is 32.2. The Bertz CT molecular complexity index is 3160. The van der Waals surface area contributed by atoms with Gasteiger partial charge >= 0.3 is 0 Å². The van der Waals surface area contributed by atoms with Crippen LogP contribution in [0.15, 0.2) is 165 Å². The van der Waals surface area contributed by atoms with Crippen LogP contribution in [0.2, 0.25) is 0 Å². The van der Waals surface area contributed by atoms with Gasteiger partial charge in [-0.1, -0.05) is 48.5 Å². The molecule has 7 aromatic carbocycles. The highest BCUT2D eigenvalue weighted by Gasteiger charge is 2.33. The molecule has 0 atom stereocenters. The van der Waals surface area contributed by atoms with Gasteiger partial charge in [0.2, 0.25) is 19.7 Å². The van der Waals surface area contributed by atoms with E-state index in [0.29, 0.717) is 22.9 Å². The van der Waals surface area contributed by atoms with Gasteiger partial charge in [0.05, 0.1) is 40.9 Å². The molecule has 11 rings (SSSR count). The maximum Gasteiger partial charge on any atom is 0.214 e. The summed E-state index contributed by atoms with van der Waals surface area (Å²) in [5, 5.41) is 0. The minimum absolute atomic E-state index is 0.109. The fourth-order valence-corrected chi connectivity index (χ4v) is 12.6. The first-order valence-corrected chi connectivity index (χ1v) is 21.5. The Labute approximate surface area is 316 Å². The van der Waals surface area contributed by atoms with E-state index in [1.54, 1.807) is 95.5 Å². The van der Waals surface area contributed by atoms with E-state index in [-0.39, 0.29) is 31.1 Å². The zero-order chi connectivity index (χ0) is 36.3. The predicted molar refractivity (Wildman–Crippen MR) is 212 cm³/mol. The molecule has 2 aromatic heterocycles. The molecular weight excluding hydrogens is 757 g/mol. The molecule has 2 aliphatic heterocycles. The second kappa shape index (κ2) is 11.3. The molecule has 54 heavy (non-hydrogen) atoms. The summed E-state index contributed by atoms with van der Waals surface area (Å²) < 4.78 is 76.0. The molecule has 9 aromatic rings. The van der Waals surface area contributed by atoms with Crippen LogP contribution in [0.25, 0.3) is 52.2 Å². The van der Waals surface area contributed by atoms with Gasteiger partial charge < -0.3 is 18.6 Å². The van der Waals surface area contributed by atoms with Gasteiger partial charge in [-0.3, -0.25) is 0 Å². The lowest BCUT2D eigenvalue weighted by atomic mass is 10.2. The summed E-state index contributed by atoms with van der Waals surface area (Å²) in [5.41, 5.74) is 4.96. The van der Waals surface area contributed by atoms with Crippen molar-refractivity contribution in [1.82, 2.24) is 9.13 Å². The number of nitrogens with zero attached hydrogens (tertiary/aromatic N) is 2. The van der Waals surface area contributed by atoms with Gasteiger partial charge in [-0.25, -0.2) is 16.8 Å². The van der Waals surface area contributed by atoms with Crippen molar-refractivity contribution >= 4 is 83.2 Å². The van der Waals surface area contributed by atoms with Crippen LogP contribution in [0.5, 0.6) is 23.0 Å². The number of benzene rings is 7. The van der Waals surface area contributed by atoms with Crippen molar-refractivity contribution in [2.24, 2.45) is 0 Å². The summed E-state index contributed by atoms with van der Waals surface area (Å²) in [4.78, 5) is 0.494. The van der Waals surface area contributed by atoms with Gasteiger partial charge in [0.25, 0.3) is 0 Å². The lowest BCUT2D eigenvalue weighted by Gasteiger charge is -2.23. The number of fused-ring (bicyclic) bond motifs is 8. The van der Waals surface area contributed by atoms with E-state index in [1.807, 2.05) is 48.5 Å². The largest absolute Gasteiger partial charge is 0.455 e. The summed E-state index contributed by atoms with van der Waals surface area (Å²) in [7, 11) is -7.71. The Balaban J connectivity index is 1.18. The van der Waals surface area contributed by atoms with Crippen LogP contribution in [0, 0.1) is 0 Å². The molecule has 0 spiro atoms. The van der Waals surface area contributed by atoms with Crippen LogP contribution in [-0.4, -0.2) is 26.0 Å². The van der Waals surface area contributed by atoms with E-state index >= 15 is 0 Å². The van der Waals surface area contributed by atoms with Crippen LogP contribution in [0.4, 0.5) is 0 Å². The highest BCUT2D eigenvalue weighted by Crippen LogP contribution is 2.46. The van der Waals surface area contributed by atoms with E-state index in [4.69, 9.17) is 9.47 Å².